The van der Waals surface area contributed by atoms with Crippen LogP contribution in [0.1, 0.15) is 23.6 Å². The summed E-state index contributed by atoms with van der Waals surface area (Å²) in [6.45, 7) is 9.52. The Hall–Kier alpha value is -2.57. The molecule has 166 valence electrons. The predicted molar refractivity (Wildman–Crippen MR) is 123 cm³/mol. The predicted octanol–water partition coefficient (Wildman–Crippen LogP) is 3.11. The van der Waals surface area contributed by atoms with Gasteiger partial charge in [-0.2, -0.15) is 0 Å². The van der Waals surface area contributed by atoms with Crippen LogP contribution in [-0.4, -0.2) is 68.7 Å². The van der Waals surface area contributed by atoms with Crippen molar-refractivity contribution >= 4 is 11.6 Å². The number of piperazine rings is 1. The van der Waals surface area contributed by atoms with Gasteiger partial charge in [0.2, 0.25) is 5.91 Å². The number of carbonyl (C=O) groups is 1. The van der Waals surface area contributed by atoms with Crippen molar-refractivity contribution in [1.82, 2.24) is 9.80 Å². The maximum absolute atomic E-state index is 13.2. The first-order valence-electron chi connectivity index (χ1n) is 11.1. The van der Waals surface area contributed by atoms with E-state index in [1.165, 1.54) is 16.7 Å². The molecule has 0 saturated carbocycles. The molecule has 6 heteroatoms. The van der Waals surface area contributed by atoms with Crippen LogP contribution >= 0.6 is 0 Å². The van der Waals surface area contributed by atoms with Crippen LogP contribution in [0.25, 0.3) is 0 Å². The molecule has 31 heavy (non-hydrogen) atoms. The third kappa shape index (κ3) is 4.41. The van der Waals surface area contributed by atoms with Crippen LogP contribution in [0.3, 0.4) is 0 Å². The van der Waals surface area contributed by atoms with Gasteiger partial charge in [0.1, 0.15) is 0 Å². The average Bonchev–Trinajstić information content (AvgIpc) is 3.23. The Balaban J connectivity index is 1.35. The number of ether oxygens (including phenoxy) is 2. The number of hydrogen-bond donors (Lipinski definition) is 0. The van der Waals surface area contributed by atoms with Gasteiger partial charge in [-0.3, -0.25) is 14.6 Å². The Morgan fingerprint density at radius 1 is 1.00 bits per heavy atom. The summed E-state index contributed by atoms with van der Waals surface area (Å²) in [4.78, 5) is 19.9. The standard InChI is InChI=1S/C25H33N3O3/c1-18-15-23(30-3)24(31-4)16-21(18)17-26-11-13-27(14-12-26)19(2)25(29)28-10-9-20-7-5-6-8-22(20)28/h5-8,15-16,19H,9-14,17H2,1-4H3/t19-/m1/s1. The lowest BCUT2D eigenvalue weighted by Gasteiger charge is -2.38. The monoisotopic (exact) mass is 423 g/mol. The minimum absolute atomic E-state index is 0.101. The number of benzene rings is 2. The third-order valence-corrected chi connectivity index (χ3v) is 6.70. The van der Waals surface area contributed by atoms with Crippen molar-refractivity contribution in [2.75, 3.05) is 51.8 Å². The van der Waals surface area contributed by atoms with E-state index in [4.69, 9.17) is 9.47 Å². The Kier molecular flexibility index (Phi) is 6.49. The van der Waals surface area contributed by atoms with Crippen LogP contribution < -0.4 is 14.4 Å². The van der Waals surface area contributed by atoms with Gasteiger partial charge in [-0.05, 0) is 55.2 Å². The molecular weight excluding hydrogens is 390 g/mol. The largest absolute Gasteiger partial charge is 0.493 e. The van der Waals surface area contributed by atoms with E-state index in [0.717, 1.165) is 62.9 Å². The molecule has 1 amide bonds. The molecule has 1 atom stereocenters. The first-order valence-corrected chi connectivity index (χ1v) is 11.1. The highest BCUT2D eigenvalue weighted by atomic mass is 16.5. The molecule has 0 aromatic heterocycles. The SMILES string of the molecule is COc1cc(C)c(CN2CCN([C@H](C)C(=O)N3CCc4ccccc43)CC2)cc1OC. The fourth-order valence-electron chi connectivity index (χ4n) is 4.69. The first-order chi connectivity index (χ1) is 15.0. The minimum atomic E-state index is -0.101. The van der Waals surface area contributed by atoms with E-state index in [9.17, 15) is 4.79 Å². The summed E-state index contributed by atoms with van der Waals surface area (Å²) in [5, 5.41) is 0. The zero-order valence-electron chi connectivity index (χ0n) is 19.1. The highest BCUT2D eigenvalue weighted by Gasteiger charge is 2.32. The molecule has 2 aromatic carbocycles. The van der Waals surface area contributed by atoms with Crippen molar-refractivity contribution in [3.63, 3.8) is 0 Å². The van der Waals surface area contributed by atoms with Crippen LogP contribution in [-0.2, 0) is 17.8 Å². The normalized spacial score (nSPS) is 18.0. The van der Waals surface area contributed by atoms with Crippen LogP contribution in [0, 0.1) is 6.92 Å². The highest BCUT2D eigenvalue weighted by Crippen LogP contribution is 2.31. The molecule has 1 saturated heterocycles. The number of anilines is 1. The van der Waals surface area contributed by atoms with Gasteiger partial charge in [-0.1, -0.05) is 18.2 Å². The van der Waals surface area contributed by atoms with Crippen molar-refractivity contribution in [2.45, 2.75) is 32.9 Å². The lowest BCUT2D eigenvalue weighted by Crippen LogP contribution is -2.54. The maximum Gasteiger partial charge on any atom is 0.244 e. The summed E-state index contributed by atoms with van der Waals surface area (Å²) in [6.07, 6.45) is 0.951. The summed E-state index contributed by atoms with van der Waals surface area (Å²) in [5.41, 5.74) is 4.82. The molecule has 2 heterocycles. The van der Waals surface area contributed by atoms with E-state index in [1.807, 2.05) is 17.0 Å². The van der Waals surface area contributed by atoms with Crippen molar-refractivity contribution in [3.05, 3.63) is 53.1 Å². The smallest absolute Gasteiger partial charge is 0.244 e. The van der Waals surface area contributed by atoms with Crippen LogP contribution in [0.4, 0.5) is 5.69 Å². The summed E-state index contributed by atoms with van der Waals surface area (Å²) < 4.78 is 10.9. The number of hydrogen-bond acceptors (Lipinski definition) is 5. The van der Waals surface area contributed by atoms with Gasteiger partial charge in [0.05, 0.1) is 20.3 Å². The van der Waals surface area contributed by atoms with Gasteiger partial charge in [0.25, 0.3) is 0 Å². The number of nitrogens with zero attached hydrogens (tertiary/aromatic N) is 3. The minimum Gasteiger partial charge on any atom is -0.493 e. The lowest BCUT2D eigenvalue weighted by molar-refractivity contribution is -0.123. The number of fused-ring (bicyclic) bond motifs is 1. The third-order valence-electron chi connectivity index (χ3n) is 6.70. The molecule has 2 aliphatic heterocycles. The molecule has 0 aliphatic carbocycles. The van der Waals surface area contributed by atoms with E-state index >= 15 is 0 Å². The van der Waals surface area contributed by atoms with Crippen LogP contribution in [0.2, 0.25) is 0 Å². The van der Waals surface area contributed by atoms with E-state index in [2.05, 4.69) is 47.9 Å². The summed E-state index contributed by atoms with van der Waals surface area (Å²) in [5.74, 6) is 1.75. The molecule has 0 bridgehead atoms. The van der Waals surface area contributed by atoms with Crippen molar-refractivity contribution in [2.24, 2.45) is 0 Å². The van der Waals surface area contributed by atoms with Crippen molar-refractivity contribution in [1.29, 1.82) is 0 Å². The number of rotatable bonds is 6. The van der Waals surface area contributed by atoms with Gasteiger partial charge >= 0.3 is 0 Å². The second-order valence-corrected chi connectivity index (χ2v) is 8.49. The van der Waals surface area contributed by atoms with Gasteiger partial charge in [-0.15, -0.1) is 0 Å². The van der Waals surface area contributed by atoms with E-state index in [-0.39, 0.29) is 11.9 Å². The van der Waals surface area contributed by atoms with Crippen molar-refractivity contribution < 1.29 is 14.3 Å². The molecule has 2 aromatic rings. The lowest BCUT2D eigenvalue weighted by atomic mass is 10.1. The molecule has 1 fully saturated rings. The van der Waals surface area contributed by atoms with Gasteiger partial charge in [-0.25, -0.2) is 0 Å². The zero-order valence-corrected chi connectivity index (χ0v) is 19.1. The molecule has 6 nitrogen and oxygen atoms in total. The first kappa shape index (κ1) is 21.7. The van der Waals surface area contributed by atoms with E-state index in [0.29, 0.717) is 0 Å². The second-order valence-electron chi connectivity index (χ2n) is 8.49. The molecule has 2 aliphatic rings. The number of para-hydroxylation sites is 1. The van der Waals surface area contributed by atoms with Gasteiger partial charge < -0.3 is 14.4 Å². The second kappa shape index (κ2) is 9.28. The average molecular weight is 424 g/mol. The van der Waals surface area contributed by atoms with Gasteiger partial charge in [0, 0.05) is 45.0 Å². The number of carbonyl (C=O) groups excluding carboxylic acids is 1. The molecule has 0 spiro atoms. The molecule has 4 rings (SSSR count). The van der Waals surface area contributed by atoms with E-state index < -0.39 is 0 Å². The summed E-state index contributed by atoms with van der Waals surface area (Å²) >= 11 is 0. The quantitative estimate of drug-likeness (QED) is 0.715. The molecule has 0 unspecified atom stereocenters. The topological polar surface area (TPSA) is 45.2 Å². The van der Waals surface area contributed by atoms with Crippen molar-refractivity contribution in [3.8, 4) is 11.5 Å². The fraction of sp³-hybridized carbons (Fsp3) is 0.480. The van der Waals surface area contributed by atoms with Crippen LogP contribution in [0.5, 0.6) is 11.5 Å². The molecule has 0 N–H and O–H groups in total. The molecular formula is C25H33N3O3. The van der Waals surface area contributed by atoms with E-state index in [1.54, 1.807) is 14.2 Å². The Bertz CT molecular complexity index is 938. The maximum atomic E-state index is 13.2. The van der Waals surface area contributed by atoms with Crippen LogP contribution in [0.15, 0.2) is 36.4 Å². The van der Waals surface area contributed by atoms with Gasteiger partial charge in [0.15, 0.2) is 11.5 Å². The molecule has 0 radical (unpaired) electrons. The summed E-state index contributed by atoms with van der Waals surface area (Å²) in [7, 11) is 3.34. The number of methoxy groups -OCH3 is 2. The zero-order chi connectivity index (χ0) is 22.0. The number of amides is 1. The highest BCUT2D eigenvalue weighted by molar-refractivity contribution is 5.98. The summed E-state index contributed by atoms with van der Waals surface area (Å²) in [6, 6.07) is 12.3. The number of aryl methyl sites for hydroxylation is 1. The fourth-order valence-corrected chi connectivity index (χ4v) is 4.69. The Morgan fingerprint density at radius 3 is 2.39 bits per heavy atom. The Labute approximate surface area is 185 Å². The Morgan fingerprint density at radius 2 is 1.68 bits per heavy atom.